The van der Waals surface area contributed by atoms with E-state index in [1.807, 2.05) is 36.4 Å². The van der Waals surface area contributed by atoms with Crippen molar-refractivity contribution in [2.45, 2.75) is 12.8 Å². The van der Waals surface area contributed by atoms with Gasteiger partial charge in [0, 0.05) is 23.4 Å². The molecule has 0 saturated carbocycles. The Morgan fingerprint density at radius 1 is 1.12 bits per heavy atom. The van der Waals surface area contributed by atoms with Gasteiger partial charge >= 0.3 is 0 Å². The number of carbonyl (C=O) groups is 1. The molecule has 1 N–H and O–H groups in total. The summed E-state index contributed by atoms with van der Waals surface area (Å²) < 4.78 is 7.33. The highest BCUT2D eigenvalue weighted by Crippen LogP contribution is 2.22. The van der Waals surface area contributed by atoms with Gasteiger partial charge in [-0.25, -0.2) is 14.6 Å². The van der Waals surface area contributed by atoms with Crippen molar-refractivity contribution < 1.29 is 9.21 Å². The van der Waals surface area contributed by atoms with Crippen LogP contribution in [-0.2, 0) is 11.2 Å². The minimum Gasteiger partial charge on any atom is -0.441 e. The second-order valence-electron chi connectivity index (χ2n) is 5.76. The Kier molecular flexibility index (Phi) is 4.41. The summed E-state index contributed by atoms with van der Waals surface area (Å²) in [6.07, 6.45) is 3.91. The number of para-hydroxylation sites is 2. The summed E-state index contributed by atoms with van der Waals surface area (Å²) in [4.78, 5) is 20.7. The molecule has 0 unspecified atom stereocenters. The molecular weight excluding hydrogens is 352 g/mol. The second-order valence-corrected chi connectivity index (χ2v) is 6.20. The van der Waals surface area contributed by atoms with Gasteiger partial charge < -0.3 is 4.42 Å². The smallest absolute Gasteiger partial charge is 0.239 e. The Bertz CT molecular complexity index is 1050. The van der Waals surface area contributed by atoms with Crippen LogP contribution >= 0.6 is 11.6 Å². The number of nitrogens with zero attached hydrogens (tertiary/aromatic N) is 3. The van der Waals surface area contributed by atoms with E-state index in [4.69, 9.17) is 16.0 Å². The Morgan fingerprint density at radius 2 is 1.92 bits per heavy atom. The van der Waals surface area contributed by atoms with Crippen molar-refractivity contribution in [1.82, 2.24) is 14.6 Å². The molecule has 0 aliphatic heterocycles. The zero-order chi connectivity index (χ0) is 17.9. The summed E-state index contributed by atoms with van der Waals surface area (Å²) in [5, 5.41) is 0.664. The zero-order valence-electron chi connectivity index (χ0n) is 13.7. The topological polar surface area (TPSA) is 73.0 Å². The SMILES string of the molecule is O=C(CCc1ncc(-c2ccc(Cl)cc2)o1)Nn1cnc2ccccc21. The molecule has 0 saturated heterocycles. The molecule has 26 heavy (non-hydrogen) atoms. The number of oxazole rings is 1. The van der Waals surface area contributed by atoms with E-state index in [1.165, 1.54) is 0 Å². The van der Waals surface area contributed by atoms with Crippen molar-refractivity contribution in [2.75, 3.05) is 5.43 Å². The Balaban J connectivity index is 1.38. The van der Waals surface area contributed by atoms with Gasteiger partial charge in [-0.2, -0.15) is 0 Å². The molecule has 0 radical (unpaired) electrons. The van der Waals surface area contributed by atoms with Gasteiger partial charge in [0.25, 0.3) is 0 Å². The van der Waals surface area contributed by atoms with Gasteiger partial charge in [-0.05, 0) is 36.4 Å². The summed E-state index contributed by atoms with van der Waals surface area (Å²) in [6, 6.07) is 14.9. The lowest BCUT2D eigenvalue weighted by Crippen LogP contribution is -2.22. The first-order chi connectivity index (χ1) is 12.7. The molecule has 0 bridgehead atoms. The maximum atomic E-state index is 12.2. The van der Waals surface area contributed by atoms with Crippen molar-refractivity contribution in [3.05, 3.63) is 72.0 Å². The number of aryl methyl sites for hydroxylation is 1. The van der Waals surface area contributed by atoms with Gasteiger partial charge in [0.2, 0.25) is 5.91 Å². The quantitative estimate of drug-likeness (QED) is 0.578. The van der Waals surface area contributed by atoms with Crippen LogP contribution in [0.4, 0.5) is 0 Å². The Morgan fingerprint density at radius 3 is 2.77 bits per heavy atom. The van der Waals surface area contributed by atoms with Gasteiger partial charge in [-0.15, -0.1) is 0 Å². The monoisotopic (exact) mass is 366 g/mol. The highest BCUT2D eigenvalue weighted by Gasteiger charge is 2.10. The van der Waals surface area contributed by atoms with Crippen LogP contribution < -0.4 is 5.43 Å². The number of benzene rings is 2. The number of fused-ring (bicyclic) bond motifs is 1. The largest absolute Gasteiger partial charge is 0.441 e. The molecule has 0 fully saturated rings. The van der Waals surface area contributed by atoms with Gasteiger partial charge in [0.05, 0.1) is 17.2 Å². The number of amides is 1. The van der Waals surface area contributed by atoms with E-state index in [-0.39, 0.29) is 12.3 Å². The normalized spacial score (nSPS) is 11.0. The number of hydrogen-bond acceptors (Lipinski definition) is 4. The van der Waals surface area contributed by atoms with Crippen LogP contribution in [0.5, 0.6) is 0 Å². The molecule has 0 aliphatic rings. The first-order valence-corrected chi connectivity index (χ1v) is 8.49. The molecule has 2 heterocycles. The average molecular weight is 367 g/mol. The third-order valence-corrected chi connectivity index (χ3v) is 4.20. The van der Waals surface area contributed by atoms with Crippen LogP contribution in [0.1, 0.15) is 12.3 Å². The molecule has 6 nitrogen and oxygen atoms in total. The predicted octanol–water partition coefficient (Wildman–Crippen LogP) is 4.05. The molecule has 2 aromatic carbocycles. The zero-order valence-corrected chi connectivity index (χ0v) is 14.5. The molecule has 4 rings (SSSR count). The van der Waals surface area contributed by atoms with Crippen LogP contribution in [0.15, 0.2) is 65.5 Å². The maximum Gasteiger partial charge on any atom is 0.239 e. The summed E-state index contributed by atoms with van der Waals surface area (Å²) >= 11 is 5.89. The van der Waals surface area contributed by atoms with Gasteiger partial charge in [-0.3, -0.25) is 10.2 Å². The van der Waals surface area contributed by atoms with E-state index in [1.54, 1.807) is 29.3 Å². The third-order valence-electron chi connectivity index (χ3n) is 3.95. The van der Waals surface area contributed by atoms with Gasteiger partial charge in [0.15, 0.2) is 11.7 Å². The van der Waals surface area contributed by atoms with Crippen LogP contribution in [0.25, 0.3) is 22.4 Å². The van der Waals surface area contributed by atoms with Crippen LogP contribution in [0.2, 0.25) is 5.02 Å². The number of hydrogen-bond donors (Lipinski definition) is 1. The van der Waals surface area contributed by atoms with Crippen molar-refractivity contribution >= 4 is 28.5 Å². The Labute approximate surface area is 154 Å². The molecule has 130 valence electrons. The molecule has 4 aromatic rings. The molecule has 0 spiro atoms. The number of aromatic nitrogens is 3. The molecular formula is C19H15ClN4O2. The number of imidazole rings is 1. The van der Waals surface area contributed by atoms with Crippen molar-refractivity contribution in [1.29, 1.82) is 0 Å². The number of halogens is 1. The minimum atomic E-state index is -0.139. The third kappa shape index (κ3) is 3.45. The summed E-state index contributed by atoms with van der Waals surface area (Å²) in [5.41, 5.74) is 5.38. The molecule has 0 aliphatic carbocycles. The summed E-state index contributed by atoms with van der Waals surface area (Å²) in [5.74, 6) is 1.03. The van der Waals surface area contributed by atoms with Crippen molar-refractivity contribution in [3.8, 4) is 11.3 Å². The summed E-state index contributed by atoms with van der Waals surface area (Å²) in [7, 11) is 0. The van der Waals surface area contributed by atoms with E-state index in [0.717, 1.165) is 16.6 Å². The number of nitrogens with one attached hydrogen (secondary N) is 1. The fourth-order valence-electron chi connectivity index (χ4n) is 2.63. The first kappa shape index (κ1) is 16.4. The number of carbonyl (C=O) groups excluding carboxylic acids is 1. The molecule has 7 heteroatoms. The van der Waals surface area contributed by atoms with E-state index in [2.05, 4.69) is 15.4 Å². The lowest BCUT2D eigenvalue weighted by molar-refractivity contribution is -0.117. The number of rotatable bonds is 5. The predicted molar refractivity (Wildman–Crippen MR) is 99.4 cm³/mol. The highest BCUT2D eigenvalue weighted by atomic mass is 35.5. The maximum absolute atomic E-state index is 12.2. The van der Waals surface area contributed by atoms with E-state index < -0.39 is 0 Å². The fourth-order valence-corrected chi connectivity index (χ4v) is 2.76. The Hall–Kier alpha value is -3.12. The highest BCUT2D eigenvalue weighted by molar-refractivity contribution is 6.30. The molecule has 0 atom stereocenters. The van der Waals surface area contributed by atoms with Gasteiger partial charge in [0.1, 0.15) is 6.33 Å². The average Bonchev–Trinajstić information content (AvgIpc) is 3.28. The van der Waals surface area contributed by atoms with E-state index in [9.17, 15) is 4.79 Å². The van der Waals surface area contributed by atoms with E-state index >= 15 is 0 Å². The van der Waals surface area contributed by atoms with Crippen LogP contribution in [0, 0.1) is 0 Å². The second kappa shape index (κ2) is 7.01. The fraction of sp³-hybridized carbons (Fsp3) is 0.105. The van der Waals surface area contributed by atoms with Crippen LogP contribution in [-0.4, -0.2) is 20.6 Å². The van der Waals surface area contributed by atoms with E-state index in [0.29, 0.717) is 23.1 Å². The lowest BCUT2D eigenvalue weighted by atomic mass is 10.2. The molecule has 1 amide bonds. The lowest BCUT2D eigenvalue weighted by Gasteiger charge is -2.06. The minimum absolute atomic E-state index is 0.139. The first-order valence-electron chi connectivity index (χ1n) is 8.11. The van der Waals surface area contributed by atoms with Crippen molar-refractivity contribution in [2.24, 2.45) is 0 Å². The standard InChI is InChI=1S/C19H15ClN4O2/c20-14-7-5-13(6-8-14)17-11-21-19(26-17)10-9-18(25)23-24-12-22-15-3-1-2-4-16(15)24/h1-8,11-12H,9-10H2,(H,23,25). The van der Waals surface area contributed by atoms with Crippen LogP contribution in [0.3, 0.4) is 0 Å². The van der Waals surface area contributed by atoms with Gasteiger partial charge in [-0.1, -0.05) is 23.7 Å². The van der Waals surface area contributed by atoms with Crippen molar-refractivity contribution in [3.63, 3.8) is 0 Å². The summed E-state index contributed by atoms with van der Waals surface area (Å²) in [6.45, 7) is 0. The molecule has 2 aromatic heterocycles.